The van der Waals surface area contributed by atoms with Gasteiger partial charge in [-0.3, -0.25) is 9.97 Å². The number of aromatic nitrogens is 3. The van der Waals surface area contributed by atoms with Crippen LogP contribution >= 0.6 is 0 Å². The van der Waals surface area contributed by atoms with Crippen LogP contribution < -0.4 is 4.90 Å². The number of piperidine rings is 1. The zero-order valence-electron chi connectivity index (χ0n) is 18.3. The number of nitrogens with zero attached hydrogens (tertiary/aromatic N) is 5. The van der Waals surface area contributed by atoms with E-state index in [1.807, 2.05) is 48.7 Å². The quantitative estimate of drug-likeness (QED) is 0.461. The Balaban J connectivity index is 1.29. The van der Waals surface area contributed by atoms with Crippen molar-refractivity contribution in [2.75, 3.05) is 24.5 Å². The van der Waals surface area contributed by atoms with Gasteiger partial charge in [0.2, 0.25) is 10.0 Å². The monoisotopic (exact) mass is 459 g/mol. The molecule has 8 heteroatoms. The van der Waals surface area contributed by atoms with Crippen molar-refractivity contribution in [2.24, 2.45) is 0 Å². The number of benzene rings is 2. The summed E-state index contributed by atoms with van der Waals surface area (Å²) in [6, 6.07) is 17.0. The lowest BCUT2D eigenvalue weighted by atomic mass is 9.86. The second-order valence-corrected chi connectivity index (χ2v) is 10.8. The minimum absolute atomic E-state index is 0.310. The number of hydrogen-bond acceptors (Lipinski definition) is 6. The lowest BCUT2D eigenvalue weighted by Gasteiger charge is -2.44. The van der Waals surface area contributed by atoms with E-state index in [0.29, 0.717) is 17.0 Å². The van der Waals surface area contributed by atoms with Crippen LogP contribution in [0.2, 0.25) is 0 Å². The molecule has 0 N–H and O–H groups in total. The van der Waals surface area contributed by atoms with Crippen LogP contribution in [0.25, 0.3) is 21.9 Å². The molecular formula is C25H25N5O2S. The summed E-state index contributed by atoms with van der Waals surface area (Å²) in [5.74, 6) is 0.856. The molecule has 4 heterocycles. The van der Waals surface area contributed by atoms with E-state index in [9.17, 15) is 8.42 Å². The van der Waals surface area contributed by atoms with Crippen LogP contribution in [0, 0.1) is 0 Å². The van der Waals surface area contributed by atoms with Crippen LogP contribution in [0.5, 0.6) is 0 Å². The van der Waals surface area contributed by atoms with Gasteiger partial charge in [0, 0.05) is 36.8 Å². The lowest BCUT2D eigenvalue weighted by molar-refractivity contribution is 0.192. The molecule has 7 nitrogen and oxygen atoms in total. The molecule has 6 rings (SSSR count). The number of hydrogen-bond donors (Lipinski definition) is 0. The molecule has 168 valence electrons. The van der Waals surface area contributed by atoms with E-state index >= 15 is 0 Å². The Labute approximate surface area is 193 Å². The summed E-state index contributed by atoms with van der Waals surface area (Å²) in [7, 11) is -3.66. The average Bonchev–Trinajstić information content (AvgIpc) is 3.27. The van der Waals surface area contributed by atoms with Gasteiger partial charge in [0.15, 0.2) is 0 Å². The minimum Gasteiger partial charge on any atom is -0.355 e. The molecule has 1 spiro atoms. The van der Waals surface area contributed by atoms with Crippen molar-refractivity contribution < 1.29 is 8.42 Å². The number of para-hydroxylation sites is 3. The van der Waals surface area contributed by atoms with E-state index < -0.39 is 10.0 Å². The molecule has 2 aromatic heterocycles. The molecule has 2 aliphatic rings. The van der Waals surface area contributed by atoms with Gasteiger partial charge in [0.1, 0.15) is 10.7 Å². The fourth-order valence-corrected chi connectivity index (χ4v) is 7.50. The highest BCUT2D eigenvalue weighted by Gasteiger charge is 2.49. The third-order valence-electron chi connectivity index (χ3n) is 7.15. The fraction of sp³-hybridized carbons (Fsp3) is 0.320. The zero-order valence-corrected chi connectivity index (χ0v) is 19.1. The summed E-state index contributed by atoms with van der Waals surface area (Å²) in [5.41, 5.74) is 1.96. The van der Waals surface area contributed by atoms with Crippen LogP contribution in [-0.2, 0) is 10.0 Å². The number of anilines is 1. The molecule has 0 unspecified atom stereocenters. The molecule has 2 fully saturated rings. The molecule has 0 bridgehead atoms. The highest BCUT2D eigenvalue weighted by Crippen LogP contribution is 2.43. The van der Waals surface area contributed by atoms with Crippen LogP contribution in [0.4, 0.5) is 5.82 Å². The van der Waals surface area contributed by atoms with E-state index in [0.717, 1.165) is 61.0 Å². The topological polar surface area (TPSA) is 79.3 Å². The number of sulfonamides is 1. The molecule has 0 atom stereocenters. The molecule has 2 saturated heterocycles. The standard InChI is InChI=1S/C25H25N5O2S/c31-33(32,22-10-3-6-19-7-4-14-26-24(19)22)30-15-5-11-25(30)12-16-29(17-13-25)23-18-27-20-8-1-2-9-21(20)28-23/h1-4,6-10,14,18H,5,11-13,15-17H2. The molecule has 2 aromatic carbocycles. The summed E-state index contributed by atoms with van der Waals surface area (Å²) in [6.45, 7) is 2.07. The van der Waals surface area contributed by atoms with Crippen molar-refractivity contribution in [1.82, 2.24) is 19.3 Å². The first-order valence-electron chi connectivity index (χ1n) is 11.4. The van der Waals surface area contributed by atoms with E-state index in [1.165, 1.54) is 0 Å². The summed E-state index contributed by atoms with van der Waals surface area (Å²) < 4.78 is 29.5. The smallest absolute Gasteiger partial charge is 0.245 e. The molecule has 0 aliphatic carbocycles. The Kier molecular flexibility index (Phi) is 4.81. The first kappa shape index (κ1) is 20.5. The third kappa shape index (κ3) is 3.36. The van der Waals surface area contributed by atoms with E-state index in [-0.39, 0.29) is 5.54 Å². The zero-order chi connectivity index (χ0) is 22.5. The molecule has 0 amide bonds. The Hall–Kier alpha value is -3.10. The SMILES string of the molecule is O=S(=O)(c1cccc2cccnc12)N1CCCC12CCN(c1cnc3ccccc3n1)CC2. The molecule has 2 aliphatic heterocycles. The Morgan fingerprint density at radius 3 is 2.45 bits per heavy atom. The van der Waals surface area contributed by atoms with Gasteiger partial charge in [-0.2, -0.15) is 4.31 Å². The second-order valence-electron chi connectivity index (χ2n) is 8.94. The second kappa shape index (κ2) is 7.74. The molecular weight excluding hydrogens is 434 g/mol. The maximum Gasteiger partial charge on any atom is 0.245 e. The normalized spacial score (nSPS) is 19.0. The Morgan fingerprint density at radius 1 is 0.818 bits per heavy atom. The molecule has 0 saturated carbocycles. The Morgan fingerprint density at radius 2 is 1.61 bits per heavy atom. The van der Waals surface area contributed by atoms with Crippen LogP contribution in [0.1, 0.15) is 25.7 Å². The highest BCUT2D eigenvalue weighted by molar-refractivity contribution is 7.89. The van der Waals surface area contributed by atoms with Gasteiger partial charge in [-0.15, -0.1) is 0 Å². The van der Waals surface area contributed by atoms with E-state index in [1.54, 1.807) is 22.6 Å². The predicted octanol–water partition coefficient (Wildman–Crippen LogP) is 4.00. The molecule has 0 radical (unpaired) electrons. The van der Waals surface area contributed by atoms with Gasteiger partial charge in [-0.05, 0) is 49.9 Å². The summed E-state index contributed by atoms with van der Waals surface area (Å²) >= 11 is 0. The maximum absolute atomic E-state index is 13.9. The van der Waals surface area contributed by atoms with Crippen molar-refractivity contribution in [3.8, 4) is 0 Å². The first-order chi connectivity index (χ1) is 16.1. The largest absolute Gasteiger partial charge is 0.355 e. The van der Waals surface area contributed by atoms with Gasteiger partial charge in [0.05, 0.1) is 22.7 Å². The number of fused-ring (bicyclic) bond motifs is 2. The summed E-state index contributed by atoms with van der Waals surface area (Å²) in [4.78, 5) is 16.3. The van der Waals surface area contributed by atoms with Crippen molar-refractivity contribution in [3.63, 3.8) is 0 Å². The average molecular weight is 460 g/mol. The van der Waals surface area contributed by atoms with Gasteiger partial charge >= 0.3 is 0 Å². The molecule has 4 aromatic rings. The predicted molar refractivity (Wildman–Crippen MR) is 129 cm³/mol. The fourth-order valence-electron chi connectivity index (χ4n) is 5.44. The van der Waals surface area contributed by atoms with E-state index in [4.69, 9.17) is 4.98 Å². The van der Waals surface area contributed by atoms with Crippen molar-refractivity contribution in [1.29, 1.82) is 0 Å². The lowest BCUT2D eigenvalue weighted by Crippen LogP contribution is -2.54. The van der Waals surface area contributed by atoms with Crippen LogP contribution in [0.15, 0.2) is 71.9 Å². The Bertz CT molecular complexity index is 1440. The first-order valence-corrected chi connectivity index (χ1v) is 12.8. The van der Waals surface area contributed by atoms with Crippen molar-refractivity contribution in [3.05, 3.63) is 67.0 Å². The minimum atomic E-state index is -3.66. The maximum atomic E-state index is 13.9. The van der Waals surface area contributed by atoms with Gasteiger partial charge in [0.25, 0.3) is 0 Å². The van der Waals surface area contributed by atoms with Gasteiger partial charge in [-0.1, -0.05) is 30.3 Å². The molecule has 33 heavy (non-hydrogen) atoms. The van der Waals surface area contributed by atoms with Crippen molar-refractivity contribution >= 4 is 37.8 Å². The number of rotatable bonds is 3. The van der Waals surface area contributed by atoms with Crippen LogP contribution in [0.3, 0.4) is 0 Å². The third-order valence-corrected chi connectivity index (χ3v) is 9.19. The summed E-state index contributed by atoms with van der Waals surface area (Å²) in [6.07, 6.45) is 6.81. The van der Waals surface area contributed by atoms with Gasteiger partial charge in [-0.25, -0.2) is 13.4 Å². The van der Waals surface area contributed by atoms with Crippen LogP contribution in [-0.4, -0.2) is 52.8 Å². The van der Waals surface area contributed by atoms with E-state index in [2.05, 4.69) is 14.9 Å². The van der Waals surface area contributed by atoms with Gasteiger partial charge < -0.3 is 4.90 Å². The number of pyridine rings is 1. The highest BCUT2D eigenvalue weighted by atomic mass is 32.2. The summed E-state index contributed by atoms with van der Waals surface area (Å²) in [5, 5.41) is 0.844. The van der Waals surface area contributed by atoms with Crippen molar-refractivity contribution in [2.45, 2.75) is 36.1 Å².